The number of rotatable bonds is 3. The number of nitro groups is 1. The van der Waals surface area contributed by atoms with E-state index in [0.717, 1.165) is 0 Å². The summed E-state index contributed by atoms with van der Waals surface area (Å²) < 4.78 is 0. The number of nitro benzene ring substituents is 1. The molecule has 0 saturated heterocycles. The zero-order chi connectivity index (χ0) is 11.5. The molecule has 82 valence electrons. The van der Waals surface area contributed by atoms with Gasteiger partial charge in [0.25, 0.3) is 5.69 Å². The van der Waals surface area contributed by atoms with Gasteiger partial charge in [0.05, 0.1) is 10.5 Å². The summed E-state index contributed by atoms with van der Waals surface area (Å²) in [5, 5.41) is 22.6. The molecule has 5 heteroatoms. The maximum atomic E-state index is 10.8. The largest absolute Gasteiger partial charge is 0.383 e. The molecular weight excluding hydrogens is 226 g/mol. The maximum absolute atomic E-state index is 10.8. The number of nitrogens with zero attached hydrogens (tertiary/aromatic N) is 1. The lowest BCUT2D eigenvalue weighted by Crippen LogP contribution is -2.01. The first kappa shape index (κ1) is 10.8. The molecule has 4 nitrogen and oxygen atoms in total. The summed E-state index contributed by atoms with van der Waals surface area (Å²) in [6.07, 6.45) is -0.929. The van der Waals surface area contributed by atoms with Crippen LogP contribution in [0, 0.1) is 10.1 Å². The van der Waals surface area contributed by atoms with Crippen LogP contribution in [-0.2, 0) is 0 Å². The van der Waals surface area contributed by atoms with E-state index in [9.17, 15) is 15.2 Å². The van der Waals surface area contributed by atoms with Crippen LogP contribution in [0.4, 0.5) is 5.69 Å². The Bertz CT molecular complexity index is 496. The SMILES string of the molecule is O=[N+]([O-])c1ccccc1C(O)c1cccs1. The first-order valence-corrected chi connectivity index (χ1v) is 5.53. The van der Waals surface area contributed by atoms with Crippen molar-refractivity contribution < 1.29 is 10.0 Å². The maximum Gasteiger partial charge on any atom is 0.275 e. The number of aliphatic hydroxyl groups is 1. The van der Waals surface area contributed by atoms with Crippen LogP contribution < -0.4 is 0 Å². The molecule has 0 saturated carbocycles. The second-order valence-corrected chi connectivity index (χ2v) is 4.21. The van der Waals surface area contributed by atoms with Crippen LogP contribution in [-0.4, -0.2) is 10.0 Å². The number of para-hydroxylation sites is 1. The van der Waals surface area contributed by atoms with E-state index in [1.165, 1.54) is 17.4 Å². The Morgan fingerprint density at radius 1 is 1.25 bits per heavy atom. The van der Waals surface area contributed by atoms with Crippen LogP contribution in [0.25, 0.3) is 0 Å². The summed E-state index contributed by atoms with van der Waals surface area (Å²) in [6, 6.07) is 9.79. The molecule has 0 bridgehead atoms. The standard InChI is InChI=1S/C11H9NO3S/c13-11(10-6-3-7-16-10)8-4-1-2-5-9(8)12(14)15/h1-7,11,13H. The van der Waals surface area contributed by atoms with E-state index in [0.29, 0.717) is 10.4 Å². The van der Waals surface area contributed by atoms with Crippen LogP contribution in [0.2, 0.25) is 0 Å². The minimum absolute atomic E-state index is 0.0524. The number of thiophene rings is 1. The van der Waals surface area contributed by atoms with Crippen molar-refractivity contribution in [3.8, 4) is 0 Å². The Hall–Kier alpha value is -1.72. The molecule has 0 radical (unpaired) electrons. The van der Waals surface area contributed by atoms with E-state index < -0.39 is 11.0 Å². The Balaban J connectivity index is 2.44. The van der Waals surface area contributed by atoms with Gasteiger partial charge in [0.1, 0.15) is 6.10 Å². The van der Waals surface area contributed by atoms with Gasteiger partial charge < -0.3 is 5.11 Å². The lowest BCUT2D eigenvalue weighted by molar-refractivity contribution is -0.386. The van der Waals surface area contributed by atoms with Crippen LogP contribution in [0.3, 0.4) is 0 Å². The monoisotopic (exact) mass is 235 g/mol. The van der Waals surface area contributed by atoms with E-state index in [2.05, 4.69) is 0 Å². The quantitative estimate of drug-likeness (QED) is 0.657. The van der Waals surface area contributed by atoms with E-state index in [1.807, 2.05) is 5.38 Å². The van der Waals surface area contributed by atoms with Crippen molar-refractivity contribution in [1.82, 2.24) is 0 Å². The second kappa shape index (κ2) is 4.42. The number of aliphatic hydroxyl groups excluding tert-OH is 1. The van der Waals surface area contributed by atoms with Crippen molar-refractivity contribution in [2.24, 2.45) is 0 Å². The van der Waals surface area contributed by atoms with E-state index in [4.69, 9.17) is 0 Å². The molecule has 0 aliphatic rings. The summed E-state index contributed by atoms with van der Waals surface area (Å²) in [6.45, 7) is 0. The number of hydrogen-bond acceptors (Lipinski definition) is 4. The normalized spacial score (nSPS) is 12.3. The molecule has 0 amide bonds. The Labute approximate surface area is 95.9 Å². The molecule has 16 heavy (non-hydrogen) atoms. The van der Waals surface area contributed by atoms with Gasteiger partial charge in [-0.1, -0.05) is 18.2 Å². The first-order chi connectivity index (χ1) is 7.70. The van der Waals surface area contributed by atoms with Gasteiger partial charge in [-0.05, 0) is 17.5 Å². The highest BCUT2D eigenvalue weighted by atomic mass is 32.1. The highest BCUT2D eigenvalue weighted by molar-refractivity contribution is 7.10. The summed E-state index contributed by atoms with van der Waals surface area (Å²) in [7, 11) is 0. The third-order valence-electron chi connectivity index (χ3n) is 2.24. The molecule has 1 heterocycles. The van der Waals surface area contributed by atoms with Crippen LogP contribution in [0.1, 0.15) is 16.5 Å². The summed E-state index contributed by atoms with van der Waals surface area (Å²) in [5.74, 6) is 0. The van der Waals surface area contributed by atoms with Crippen molar-refractivity contribution >= 4 is 17.0 Å². The molecule has 0 spiro atoms. The zero-order valence-electron chi connectivity index (χ0n) is 8.24. The van der Waals surface area contributed by atoms with E-state index in [-0.39, 0.29) is 5.69 Å². The molecule has 0 aliphatic carbocycles. The fraction of sp³-hybridized carbons (Fsp3) is 0.0909. The average molecular weight is 235 g/mol. The third kappa shape index (κ3) is 1.95. The van der Waals surface area contributed by atoms with Crippen molar-refractivity contribution in [3.63, 3.8) is 0 Å². The lowest BCUT2D eigenvalue weighted by Gasteiger charge is -2.08. The van der Waals surface area contributed by atoms with E-state index in [1.54, 1.807) is 30.3 Å². The number of benzene rings is 1. The van der Waals surface area contributed by atoms with Gasteiger partial charge in [0.15, 0.2) is 0 Å². The molecule has 2 aromatic rings. The minimum Gasteiger partial charge on any atom is -0.383 e. The Kier molecular flexibility index (Phi) is 2.98. The minimum atomic E-state index is -0.929. The smallest absolute Gasteiger partial charge is 0.275 e. The molecule has 2 rings (SSSR count). The summed E-state index contributed by atoms with van der Waals surface area (Å²) >= 11 is 1.37. The molecule has 1 aromatic heterocycles. The fourth-order valence-electron chi connectivity index (χ4n) is 1.49. The zero-order valence-corrected chi connectivity index (χ0v) is 9.05. The molecule has 0 aliphatic heterocycles. The molecule has 1 unspecified atom stereocenters. The van der Waals surface area contributed by atoms with Gasteiger partial charge in [0, 0.05) is 10.9 Å². The first-order valence-electron chi connectivity index (χ1n) is 4.65. The van der Waals surface area contributed by atoms with Gasteiger partial charge in [-0.3, -0.25) is 10.1 Å². The predicted molar refractivity (Wildman–Crippen MR) is 61.5 cm³/mol. The average Bonchev–Trinajstić information content (AvgIpc) is 2.81. The molecule has 1 atom stereocenters. The van der Waals surface area contributed by atoms with Gasteiger partial charge in [0.2, 0.25) is 0 Å². The van der Waals surface area contributed by atoms with Gasteiger partial charge in [-0.15, -0.1) is 11.3 Å². The third-order valence-corrected chi connectivity index (χ3v) is 3.17. The molecule has 0 fully saturated rings. The van der Waals surface area contributed by atoms with Crippen LogP contribution in [0.15, 0.2) is 41.8 Å². The van der Waals surface area contributed by atoms with E-state index >= 15 is 0 Å². The molecule has 1 aromatic carbocycles. The predicted octanol–water partition coefficient (Wildman–Crippen LogP) is 2.74. The van der Waals surface area contributed by atoms with Crippen molar-refractivity contribution in [1.29, 1.82) is 0 Å². The van der Waals surface area contributed by atoms with Crippen LogP contribution in [0.5, 0.6) is 0 Å². The van der Waals surface area contributed by atoms with Crippen molar-refractivity contribution in [2.75, 3.05) is 0 Å². The van der Waals surface area contributed by atoms with Gasteiger partial charge in [-0.25, -0.2) is 0 Å². The van der Waals surface area contributed by atoms with Crippen molar-refractivity contribution in [3.05, 3.63) is 62.3 Å². The van der Waals surface area contributed by atoms with Gasteiger partial charge in [-0.2, -0.15) is 0 Å². The molecular formula is C11H9NO3S. The second-order valence-electron chi connectivity index (χ2n) is 3.23. The van der Waals surface area contributed by atoms with Crippen molar-refractivity contribution in [2.45, 2.75) is 6.10 Å². The lowest BCUT2D eigenvalue weighted by atomic mass is 10.1. The Morgan fingerprint density at radius 2 is 2.00 bits per heavy atom. The van der Waals surface area contributed by atoms with Crippen LogP contribution >= 0.6 is 11.3 Å². The fourth-order valence-corrected chi connectivity index (χ4v) is 2.21. The molecule has 1 N–H and O–H groups in total. The number of hydrogen-bond donors (Lipinski definition) is 1. The summed E-state index contributed by atoms with van der Waals surface area (Å²) in [4.78, 5) is 11.0. The Morgan fingerprint density at radius 3 is 2.62 bits per heavy atom. The highest BCUT2D eigenvalue weighted by Crippen LogP contribution is 2.31. The highest BCUT2D eigenvalue weighted by Gasteiger charge is 2.21. The van der Waals surface area contributed by atoms with Gasteiger partial charge >= 0.3 is 0 Å². The topological polar surface area (TPSA) is 63.4 Å². The summed E-state index contributed by atoms with van der Waals surface area (Å²) in [5.41, 5.74) is 0.276.